The zero-order valence-electron chi connectivity index (χ0n) is 22.6. The predicted octanol–water partition coefficient (Wildman–Crippen LogP) is -1.08. The van der Waals surface area contributed by atoms with E-state index in [9.17, 15) is 19.6 Å². The average molecular weight is 620 g/mol. The predicted molar refractivity (Wildman–Crippen MR) is 132 cm³/mol. The van der Waals surface area contributed by atoms with Crippen molar-refractivity contribution in [2.75, 3.05) is 18.9 Å². The van der Waals surface area contributed by atoms with Crippen LogP contribution in [0.3, 0.4) is 0 Å². The first-order chi connectivity index (χ1) is 19.1. The number of imidazole rings is 1. The Morgan fingerprint density at radius 2 is 1.59 bits per heavy atom. The molecule has 7 heterocycles. The van der Waals surface area contributed by atoms with Gasteiger partial charge in [-0.3, -0.25) is 4.57 Å². The summed E-state index contributed by atoms with van der Waals surface area (Å²) in [6, 6.07) is -0.350. The number of rotatable bonds is 0. The molecule has 10 atom stereocenters. The van der Waals surface area contributed by atoms with Crippen molar-refractivity contribution in [3.8, 4) is 0 Å². The lowest BCUT2D eigenvalue weighted by Crippen LogP contribution is -2.48. The Labute approximate surface area is 235 Å². The van der Waals surface area contributed by atoms with Gasteiger partial charge in [-0.05, 0) is 34.1 Å². The summed E-state index contributed by atoms with van der Waals surface area (Å²) in [7, 11) is -10.1. The number of nitrogens with two attached hydrogens (primary N) is 1. The van der Waals surface area contributed by atoms with Crippen LogP contribution < -0.4 is 20.1 Å². The summed E-state index contributed by atoms with van der Waals surface area (Å²) in [5.74, 6) is -2.14. The SMILES string of the molecule is CC1(C)O[C@@H]2[C@H]3CO[P+]([O-])(O)O[P+]([O-])(O)OC[C@H]4O[C@H]([C@@H]5OC(C)(C)O[C@@H]54)[n+]4cnc5c(ncn5[C@H](C3)[C@@H]2O1)c4N. The van der Waals surface area contributed by atoms with Crippen molar-refractivity contribution in [1.82, 2.24) is 14.5 Å². The molecule has 2 aromatic heterocycles. The first-order valence-electron chi connectivity index (χ1n) is 13.2. The number of anilines is 1. The normalized spacial score (nSPS) is 45.2. The third kappa shape index (κ3) is 4.95. The van der Waals surface area contributed by atoms with Crippen LogP contribution in [0.4, 0.5) is 5.82 Å². The van der Waals surface area contributed by atoms with Crippen LogP contribution in [0, 0.1) is 5.92 Å². The van der Waals surface area contributed by atoms with Gasteiger partial charge in [-0.15, -0.1) is 0 Å². The molecule has 0 aromatic carbocycles. The number of phosphoric ester groups is 2. The molecule has 2 aromatic rings. The van der Waals surface area contributed by atoms with Crippen molar-refractivity contribution in [2.24, 2.45) is 5.92 Å². The van der Waals surface area contributed by atoms with Crippen molar-refractivity contribution in [3.05, 3.63) is 12.7 Å². The molecule has 0 radical (unpaired) electrons. The maximum absolute atomic E-state index is 12.7. The molecular weight excluding hydrogens is 588 g/mol. The zero-order chi connectivity index (χ0) is 29.1. The van der Waals surface area contributed by atoms with Gasteiger partial charge in [0.1, 0.15) is 37.6 Å². The number of hydrogen-bond donors (Lipinski definition) is 3. The number of aromatic nitrogens is 4. The Kier molecular flexibility index (Phi) is 6.51. The molecule has 2 unspecified atom stereocenters. The summed E-state index contributed by atoms with van der Waals surface area (Å²) in [4.78, 5) is 55.2. The molecule has 8 rings (SSSR count). The fraction of sp³-hybridized carbons (Fsp3) is 0.773. The third-order valence-electron chi connectivity index (χ3n) is 7.96. The topological polar surface area (TPSA) is 221 Å². The first kappa shape index (κ1) is 28.5. The molecule has 4 N–H and O–H groups in total. The summed E-state index contributed by atoms with van der Waals surface area (Å²) in [6.07, 6.45) is -0.749. The van der Waals surface area contributed by atoms with Crippen molar-refractivity contribution in [1.29, 1.82) is 0 Å². The second-order valence-electron chi connectivity index (χ2n) is 11.7. The number of fused-ring (bicyclic) bond motifs is 9. The van der Waals surface area contributed by atoms with Gasteiger partial charge in [0.25, 0.3) is 5.82 Å². The van der Waals surface area contributed by atoms with Crippen LogP contribution in [-0.2, 0) is 37.0 Å². The van der Waals surface area contributed by atoms with E-state index in [2.05, 4.69) is 14.3 Å². The minimum absolute atomic E-state index is 0.254. The Morgan fingerprint density at radius 1 is 0.951 bits per heavy atom. The van der Waals surface area contributed by atoms with Gasteiger partial charge >= 0.3 is 16.3 Å². The molecular formula is C22H32N5O12P2+. The average Bonchev–Trinajstić information content (AvgIpc) is 3.62. The Balaban J connectivity index is 1.31. The summed E-state index contributed by atoms with van der Waals surface area (Å²) in [5.41, 5.74) is 7.52. The van der Waals surface area contributed by atoms with Crippen LogP contribution in [0.25, 0.3) is 11.2 Å². The minimum Gasteiger partial charge on any atom is -0.603 e. The van der Waals surface area contributed by atoms with Gasteiger partial charge in [-0.2, -0.15) is 18.8 Å². The van der Waals surface area contributed by atoms with E-state index in [1.165, 1.54) is 6.33 Å². The quantitative estimate of drug-likeness (QED) is 0.236. The number of ether oxygens (including phenoxy) is 5. The van der Waals surface area contributed by atoms with Crippen LogP contribution in [0.2, 0.25) is 0 Å². The van der Waals surface area contributed by atoms with Gasteiger partial charge in [-0.1, -0.05) is 4.98 Å². The summed E-state index contributed by atoms with van der Waals surface area (Å²) >= 11 is 0. The van der Waals surface area contributed by atoms with Crippen molar-refractivity contribution >= 4 is 33.3 Å². The van der Waals surface area contributed by atoms with Crippen LogP contribution in [0.5, 0.6) is 0 Å². The Bertz CT molecular complexity index is 1360. The van der Waals surface area contributed by atoms with Crippen molar-refractivity contribution in [3.63, 3.8) is 0 Å². The van der Waals surface area contributed by atoms with Crippen molar-refractivity contribution in [2.45, 2.75) is 88.5 Å². The summed E-state index contributed by atoms with van der Waals surface area (Å²) in [5, 5.41) is 0. The fourth-order valence-electron chi connectivity index (χ4n) is 6.45. The maximum atomic E-state index is 12.7. The van der Waals surface area contributed by atoms with E-state index < -0.39 is 77.2 Å². The highest BCUT2D eigenvalue weighted by atomic mass is 31.3. The van der Waals surface area contributed by atoms with E-state index in [0.29, 0.717) is 17.6 Å². The second kappa shape index (κ2) is 9.36. The highest BCUT2D eigenvalue weighted by Gasteiger charge is 2.60. The van der Waals surface area contributed by atoms with Gasteiger partial charge in [0, 0.05) is 10.2 Å². The molecule has 1 saturated carbocycles. The highest BCUT2D eigenvalue weighted by molar-refractivity contribution is 7.66. The van der Waals surface area contributed by atoms with Gasteiger partial charge in [0.15, 0.2) is 17.1 Å². The van der Waals surface area contributed by atoms with Crippen molar-refractivity contribution < 1.29 is 61.2 Å². The number of hydrogen-bond acceptors (Lipinski definition) is 15. The zero-order valence-corrected chi connectivity index (χ0v) is 24.4. The minimum atomic E-state index is -5.09. The highest BCUT2D eigenvalue weighted by Crippen LogP contribution is 2.66. The molecule has 3 saturated heterocycles. The fourth-order valence-corrected chi connectivity index (χ4v) is 8.59. The van der Waals surface area contributed by atoms with E-state index in [0.717, 1.165) is 0 Å². The number of nitrogens with zero attached hydrogens (tertiary/aromatic N) is 4. The lowest BCUT2D eigenvalue weighted by atomic mass is 10.1. The Hall–Kier alpha value is -1.27. The molecule has 5 aliphatic heterocycles. The molecule has 17 nitrogen and oxygen atoms in total. The lowest BCUT2D eigenvalue weighted by molar-refractivity contribution is -0.755. The van der Waals surface area contributed by atoms with Gasteiger partial charge in [0.2, 0.25) is 18.2 Å². The van der Waals surface area contributed by atoms with E-state index >= 15 is 0 Å². The molecule has 226 valence electrons. The van der Waals surface area contributed by atoms with Crippen LogP contribution in [-0.4, -0.2) is 79.6 Å². The maximum Gasteiger partial charge on any atom is 0.434 e. The molecule has 0 spiro atoms. The van der Waals surface area contributed by atoms with Crippen LogP contribution in [0.1, 0.15) is 46.4 Å². The lowest BCUT2D eigenvalue weighted by Gasteiger charge is -2.27. The largest absolute Gasteiger partial charge is 0.603 e. The van der Waals surface area contributed by atoms with E-state index in [4.69, 9.17) is 38.5 Å². The second-order valence-corrected chi connectivity index (χ2v) is 14.8. The molecule has 8 bridgehead atoms. The molecule has 4 fully saturated rings. The number of nitrogen functional groups attached to an aromatic ring is 1. The van der Waals surface area contributed by atoms with Gasteiger partial charge in [0.05, 0.1) is 18.5 Å². The van der Waals surface area contributed by atoms with Crippen LogP contribution in [0.15, 0.2) is 12.7 Å². The Morgan fingerprint density at radius 3 is 2.32 bits per heavy atom. The monoisotopic (exact) mass is 620 g/mol. The smallest absolute Gasteiger partial charge is 0.434 e. The molecule has 19 heteroatoms. The third-order valence-corrected chi connectivity index (χ3v) is 10.6. The molecule has 41 heavy (non-hydrogen) atoms. The van der Waals surface area contributed by atoms with E-state index in [1.807, 2.05) is 4.57 Å². The van der Waals surface area contributed by atoms with E-state index in [1.54, 1.807) is 38.6 Å². The molecule has 0 amide bonds. The van der Waals surface area contributed by atoms with E-state index in [-0.39, 0.29) is 18.5 Å². The standard InChI is InChI=1S/C22H31N5O12P2/c1-21(2)35-14-10-5-11(15(14)36-21)26-8-24-13-18(23)27(9-25-19(13)26)20-17-16(37-22(3,4)38-17)12(34-20)7-33-41(30,31)39-40(28,29)32-6-10/h8-12,14-17,20,23H,5-7H2,1-4H3,(H2,28,29,30,31)/p+1/t10-,11-,12-,14-,15+,16-,17-,20-/m1/s1. The van der Waals surface area contributed by atoms with Gasteiger partial charge < -0.3 is 39.2 Å². The summed E-state index contributed by atoms with van der Waals surface area (Å²) < 4.78 is 48.8. The molecule has 6 aliphatic rings. The van der Waals surface area contributed by atoms with Crippen LogP contribution >= 0.6 is 16.3 Å². The first-order valence-corrected chi connectivity index (χ1v) is 16.2. The summed E-state index contributed by atoms with van der Waals surface area (Å²) in [6.45, 7) is 6.10. The van der Waals surface area contributed by atoms with Gasteiger partial charge in [-0.25, -0.2) is 9.55 Å². The molecule has 1 aliphatic carbocycles. The number of phosphoric acid groups is 2.